The minimum atomic E-state index is -4.44. The Labute approximate surface area is 471 Å². The van der Waals surface area contributed by atoms with Crippen LogP contribution in [-0.2, 0) is 105 Å². The van der Waals surface area contributed by atoms with Gasteiger partial charge in [-0.05, 0) is 124 Å². The molecular formula is C60H78N2O16S2. The summed E-state index contributed by atoms with van der Waals surface area (Å²) in [7, 11) is -8.33. The predicted molar refractivity (Wildman–Crippen MR) is 299 cm³/mol. The number of aromatic hydroxyl groups is 1. The normalized spacial score (nSPS) is 17.1. The number of benzene rings is 4. The average Bonchev–Trinajstić information content (AvgIpc) is 1.85. The monoisotopic (exact) mass is 1150 g/mol. The zero-order valence-electron chi connectivity index (χ0n) is 46.0. The van der Waals surface area contributed by atoms with Gasteiger partial charge in [0.15, 0.2) is 15.4 Å². The first-order valence-corrected chi connectivity index (χ1v) is 31.9. The Balaban J connectivity index is 0.583. The van der Waals surface area contributed by atoms with Crippen molar-refractivity contribution in [2.24, 2.45) is 0 Å². The van der Waals surface area contributed by atoms with E-state index in [0.717, 1.165) is 107 Å². The van der Waals surface area contributed by atoms with Crippen LogP contribution in [0.4, 0.5) is 11.4 Å². The fraction of sp³-hybridized carbons (Fsp3) is 0.583. The second-order valence-corrected chi connectivity index (χ2v) is 24.9. The van der Waals surface area contributed by atoms with Crippen LogP contribution in [0, 0.1) is 0 Å². The van der Waals surface area contributed by atoms with Crippen LogP contribution >= 0.6 is 0 Å². The lowest BCUT2D eigenvalue weighted by Gasteiger charge is -2.45. The topological polar surface area (TPSA) is 204 Å². The van der Waals surface area contributed by atoms with Crippen LogP contribution in [-0.4, -0.2) is 165 Å². The fourth-order valence-corrected chi connectivity index (χ4v) is 14.9. The number of rotatable bonds is 33. The summed E-state index contributed by atoms with van der Waals surface area (Å²) in [6.07, 6.45) is 10.0. The number of fused-ring (bicyclic) bond motifs is 8. The van der Waals surface area contributed by atoms with E-state index in [-0.39, 0.29) is 46.7 Å². The number of aryl methyl sites for hydroxylation is 3. The van der Waals surface area contributed by atoms with Crippen molar-refractivity contribution >= 4 is 37.1 Å². The maximum Gasteiger partial charge on any atom is 0.298 e. The van der Waals surface area contributed by atoms with E-state index < -0.39 is 25.6 Å². The molecule has 6 aliphatic rings. The molecule has 6 aliphatic heterocycles. The number of ether oxygens (including phenoxy) is 9. The molecule has 4 aromatic rings. The number of carbonyl (C=O) groups excluding carboxylic acids is 1. The van der Waals surface area contributed by atoms with Crippen molar-refractivity contribution < 1.29 is 73.6 Å². The zero-order chi connectivity index (χ0) is 55.4. The highest BCUT2D eigenvalue weighted by Crippen LogP contribution is 2.63. The first-order chi connectivity index (χ1) is 39.0. The number of nitrogens with zero attached hydrogens (tertiary/aromatic N) is 2. The molecule has 0 aliphatic carbocycles. The Bertz CT molecular complexity index is 2900. The van der Waals surface area contributed by atoms with Gasteiger partial charge in [0.25, 0.3) is 10.1 Å². The average molecular weight is 1150 g/mol. The summed E-state index contributed by atoms with van der Waals surface area (Å²) in [5, 5.41) is 9.36. The van der Waals surface area contributed by atoms with E-state index in [9.17, 15) is 26.7 Å². The van der Waals surface area contributed by atoms with E-state index in [1.807, 2.05) is 12.1 Å². The smallest absolute Gasteiger partial charge is 0.298 e. The van der Waals surface area contributed by atoms with Gasteiger partial charge in [0.2, 0.25) is 0 Å². The van der Waals surface area contributed by atoms with Gasteiger partial charge in [-0.2, -0.15) is 8.42 Å². The van der Waals surface area contributed by atoms with Gasteiger partial charge in [0.1, 0.15) is 27.9 Å². The Hall–Kier alpha value is -4.71. The van der Waals surface area contributed by atoms with E-state index in [0.29, 0.717) is 134 Å². The molecule has 18 nitrogen and oxygen atoms in total. The zero-order valence-corrected chi connectivity index (χ0v) is 47.7. The Morgan fingerprint density at radius 2 is 1.01 bits per heavy atom. The molecule has 4 aromatic carbocycles. The van der Waals surface area contributed by atoms with Gasteiger partial charge in [-0.25, -0.2) is 12.6 Å². The first kappa shape index (κ1) is 58.5. The highest BCUT2D eigenvalue weighted by molar-refractivity contribution is 7.91. The van der Waals surface area contributed by atoms with Crippen LogP contribution in [0.15, 0.2) is 64.4 Å². The third-order valence-corrected chi connectivity index (χ3v) is 18.9. The van der Waals surface area contributed by atoms with Crippen molar-refractivity contribution in [3.63, 3.8) is 0 Å². The second-order valence-electron chi connectivity index (χ2n) is 21.2. The van der Waals surface area contributed by atoms with Crippen molar-refractivity contribution in [1.82, 2.24) is 0 Å². The number of hydrogen-bond donors (Lipinski definition) is 1. The van der Waals surface area contributed by atoms with Gasteiger partial charge in [-0.15, -0.1) is 0 Å². The third kappa shape index (κ3) is 13.7. The molecule has 0 saturated carbocycles. The molecule has 436 valence electrons. The molecule has 1 N–H and O–H groups in total. The third-order valence-electron chi connectivity index (χ3n) is 15.8. The summed E-state index contributed by atoms with van der Waals surface area (Å²) >= 11 is 0. The van der Waals surface area contributed by atoms with Gasteiger partial charge in [0.05, 0.1) is 110 Å². The SMILES string of the molecule is O=C(CCCc1ccc(O)cc1)CCOCCOCCOCCOCCOCCOCCOCCOCCCS(=O)(=O)c1ccc2c(c1)S(=O)(=O)OC21c2cc3c4c(c2Oc2c1cc1c5c2CCCN5CCC1)CCCN4CCC3. The minimum Gasteiger partial charge on any atom is -0.508 e. The minimum absolute atomic E-state index is 0.0686. The Morgan fingerprint density at radius 1 is 0.550 bits per heavy atom. The van der Waals surface area contributed by atoms with E-state index in [2.05, 4.69) is 21.9 Å². The van der Waals surface area contributed by atoms with Gasteiger partial charge >= 0.3 is 0 Å². The quantitative estimate of drug-likeness (QED) is 0.0370. The second kappa shape index (κ2) is 27.6. The summed E-state index contributed by atoms with van der Waals surface area (Å²) in [6, 6.07) is 15.8. The summed E-state index contributed by atoms with van der Waals surface area (Å²) in [5.41, 5.74) is 8.36. The summed E-state index contributed by atoms with van der Waals surface area (Å²) in [5.74, 6) is 1.57. The standard InChI is InChI=1S/C60H78N2O16S2/c63-47(10-1-7-44-13-15-48(64)16-14-44)19-25-70-27-29-72-31-33-74-35-37-76-39-38-75-36-34-73-32-30-71-28-26-69-24-6-40-79(65,66)49-17-18-52-55(43-49)80(67,68)78-60(52)53-41-45-8-2-20-61-22-4-11-50(56(45)61)58(53)77-59-51-12-5-23-62-21-3-9-46(57(51)62)42-54(59)60/h13-18,41-43,64H,1-12,19-40H2. The number of Topliss-reactive ketones (excluding diaryl/α,β-unsaturated/α-hetero) is 1. The number of phenols is 1. The van der Waals surface area contributed by atoms with Crippen molar-refractivity contribution in [2.45, 2.75) is 98.9 Å². The van der Waals surface area contributed by atoms with Crippen LogP contribution in [0.2, 0.25) is 0 Å². The van der Waals surface area contributed by atoms with Crippen LogP contribution in [0.5, 0.6) is 17.2 Å². The molecule has 0 aromatic heterocycles. The van der Waals surface area contributed by atoms with Gasteiger partial charge in [-0.3, -0.25) is 4.79 Å². The molecule has 1 spiro atoms. The Kier molecular flexibility index (Phi) is 20.2. The number of carbonyl (C=O) groups is 1. The highest BCUT2D eigenvalue weighted by Gasteiger charge is 2.58. The molecule has 0 fully saturated rings. The molecule has 0 unspecified atom stereocenters. The molecule has 80 heavy (non-hydrogen) atoms. The van der Waals surface area contributed by atoms with Crippen molar-refractivity contribution in [1.29, 1.82) is 0 Å². The molecule has 0 amide bonds. The van der Waals surface area contributed by atoms with Crippen molar-refractivity contribution in [3.05, 3.63) is 99.1 Å². The van der Waals surface area contributed by atoms with Crippen LogP contribution in [0.25, 0.3) is 0 Å². The summed E-state index contributed by atoms with van der Waals surface area (Å²) < 4.78 is 115. The maximum atomic E-state index is 14.5. The molecule has 0 bridgehead atoms. The van der Waals surface area contributed by atoms with Gasteiger partial charge in [0, 0.05) is 84.8 Å². The molecule has 20 heteroatoms. The summed E-state index contributed by atoms with van der Waals surface area (Å²) in [4.78, 5) is 16.8. The lowest BCUT2D eigenvalue weighted by molar-refractivity contribution is -0.120. The lowest BCUT2D eigenvalue weighted by atomic mass is 9.73. The van der Waals surface area contributed by atoms with Crippen LogP contribution in [0.1, 0.15) is 95.9 Å². The fourth-order valence-electron chi connectivity index (χ4n) is 12.1. The van der Waals surface area contributed by atoms with Crippen molar-refractivity contribution in [2.75, 3.05) is 147 Å². The molecule has 0 radical (unpaired) electrons. The van der Waals surface area contributed by atoms with E-state index in [4.69, 9.17) is 46.8 Å². The highest BCUT2D eigenvalue weighted by atomic mass is 32.2. The molecule has 0 atom stereocenters. The van der Waals surface area contributed by atoms with Crippen molar-refractivity contribution in [3.8, 4) is 17.2 Å². The van der Waals surface area contributed by atoms with Crippen LogP contribution < -0.4 is 14.5 Å². The largest absolute Gasteiger partial charge is 0.508 e. The predicted octanol–water partition coefficient (Wildman–Crippen LogP) is 7.19. The van der Waals surface area contributed by atoms with E-state index in [1.165, 1.54) is 28.6 Å². The lowest BCUT2D eigenvalue weighted by Crippen LogP contribution is -2.40. The number of ketones is 1. The Morgan fingerprint density at radius 3 is 1.51 bits per heavy atom. The maximum absolute atomic E-state index is 14.5. The number of hydrogen-bond acceptors (Lipinski definition) is 18. The number of anilines is 2. The number of phenolic OH excluding ortho intramolecular Hbond substituents is 1. The van der Waals surface area contributed by atoms with Gasteiger partial charge in [-0.1, -0.05) is 18.2 Å². The molecule has 10 rings (SSSR count). The van der Waals surface area contributed by atoms with E-state index >= 15 is 0 Å². The first-order valence-electron chi connectivity index (χ1n) is 28.8. The number of sulfone groups is 1. The van der Waals surface area contributed by atoms with E-state index in [1.54, 1.807) is 24.3 Å². The van der Waals surface area contributed by atoms with Gasteiger partial charge < -0.3 is 57.5 Å². The molecule has 0 saturated heterocycles. The molecular weight excluding hydrogens is 1070 g/mol. The van der Waals surface area contributed by atoms with Crippen LogP contribution in [0.3, 0.4) is 0 Å². The molecule has 6 heterocycles. The summed E-state index contributed by atoms with van der Waals surface area (Å²) in [6.45, 7) is 10.2.